The molecule has 1 aromatic heterocycles. The van der Waals surface area contributed by atoms with Crippen LogP contribution >= 0.6 is 27.3 Å². The van der Waals surface area contributed by atoms with Gasteiger partial charge in [0, 0.05) is 21.2 Å². The van der Waals surface area contributed by atoms with Crippen LogP contribution in [0.1, 0.15) is 31.1 Å². The van der Waals surface area contributed by atoms with Gasteiger partial charge in [-0.1, -0.05) is 6.08 Å². The summed E-state index contributed by atoms with van der Waals surface area (Å²) in [5.74, 6) is -0.722. The van der Waals surface area contributed by atoms with Crippen LogP contribution in [0.15, 0.2) is 22.0 Å². The minimum atomic E-state index is -0.722. The molecule has 1 N–H and O–H groups in total. The molecule has 0 saturated carbocycles. The summed E-state index contributed by atoms with van der Waals surface area (Å²) in [6, 6.07) is 2.08. The van der Waals surface area contributed by atoms with Crippen LogP contribution in [0, 0.1) is 0 Å². The van der Waals surface area contributed by atoms with Gasteiger partial charge in [-0.2, -0.15) is 0 Å². The van der Waals surface area contributed by atoms with Gasteiger partial charge in [0.1, 0.15) is 0 Å². The van der Waals surface area contributed by atoms with E-state index in [0.717, 1.165) is 10.9 Å². The van der Waals surface area contributed by atoms with E-state index >= 15 is 0 Å². The number of unbranched alkanes of at least 4 members (excludes halogenated alkanes) is 1. The number of carboxylic acids is 1. The first kappa shape index (κ1) is 12.5. The molecule has 2 nitrogen and oxygen atoms in total. The van der Waals surface area contributed by atoms with Gasteiger partial charge in [-0.25, -0.2) is 0 Å². The van der Waals surface area contributed by atoms with Crippen molar-refractivity contribution in [3.05, 3.63) is 26.9 Å². The molecule has 0 amide bonds. The Hall–Kier alpha value is -0.610. The molecule has 0 aliphatic carbocycles. The first-order chi connectivity index (χ1) is 7.09. The molecule has 1 rings (SSSR count). The number of rotatable bonds is 5. The SMILES string of the molecule is C/C(=C\CCCC(=O)O)c1cc(Br)cs1. The molecule has 0 bridgehead atoms. The number of halogens is 1. The number of carbonyl (C=O) groups is 1. The Balaban J connectivity index is 2.43. The first-order valence-corrected chi connectivity index (χ1v) is 6.40. The van der Waals surface area contributed by atoms with Crippen LogP contribution in [0.5, 0.6) is 0 Å². The molecule has 15 heavy (non-hydrogen) atoms. The number of hydrogen-bond donors (Lipinski definition) is 1. The fourth-order valence-corrected chi connectivity index (χ4v) is 2.62. The van der Waals surface area contributed by atoms with Gasteiger partial charge in [0.25, 0.3) is 0 Å². The van der Waals surface area contributed by atoms with Gasteiger partial charge in [-0.15, -0.1) is 11.3 Å². The third-order valence-corrected chi connectivity index (χ3v) is 3.83. The van der Waals surface area contributed by atoms with E-state index in [0.29, 0.717) is 6.42 Å². The zero-order chi connectivity index (χ0) is 11.3. The molecule has 0 atom stereocenters. The molecular weight excluding hydrogens is 276 g/mol. The predicted octanol–water partition coefficient (Wildman–Crippen LogP) is 4.17. The first-order valence-electron chi connectivity index (χ1n) is 4.72. The molecule has 0 spiro atoms. The Kier molecular flexibility index (Phi) is 5.05. The van der Waals surface area contributed by atoms with E-state index in [2.05, 4.69) is 35.0 Å². The lowest BCUT2D eigenvalue weighted by Gasteiger charge is -1.96. The Morgan fingerprint density at radius 1 is 1.67 bits per heavy atom. The Morgan fingerprint density at radius 3 is 2.93 bits per heavy atom. The van der Waals surface area contributed by atoms with Crippen molar-refractivity contribution >= 4 is 38.8 Å². The molecular formula is C11H13BrO2S. The highest BCUT2D eigenvalue weighted by Gasteiger charge is 2.00. The molecule has 82 valence electrons. The van der Waals surface area contributed by atoms with Crippen molar-refractivity contribution in [2.75, 3.05) is 0 Å². The summed E-state index contributed by atoms with van der Waals surface area (Å²) < 4.78 is 1.10. The number of thiophene rings is 1. The van der Waals surface area contributed by atoms with Crippen molar-refractivity contribution in [1.82, 2.24) is 0 Å². The van der Waals surface area contributed by atoms with Crippen LogP contribution in [0.25, 0.3) is 5.57 Å². The fourth-order valence-electron chi connectivity index (χ4n) is 1.19. The topological polar surface area (TPSA) is 37.3 Å². The number of hydrogen-bond acceptors (Lipinski definition) is 2. The summed E-state index contributed by atoms with van der Waals surface area (Å²) in [7, 11) is 0. The maximum absolute atomic E-state index is 10.3. The van der Waals surface area contributed by atoms with Gasteiger partial charge >= 0.3 is 5.97 Å². The molecule has 0 saturated heterocycles. The van der Waals surface area contributed by atoms with E-state index in [1.165, 1.54) is 10.5 Å². The van der Waals surface area contributed by atoms with Crippen molar-refractivity contribution in [3.8, 4) is 0 Å². The lowest BCUT2D eigenvalue weighted by molar-refractivity contribution is -0.137. The van der Waals surface area contributed by atoms with Crippen molar-refractivity contribution in [3.63, 3.8) is 0 Å². The second kappa shape index (κ2) is 6.08. The van der Waals surface area contributed by atoms with E-state index < -0.39 is 5.97 Å². The smallest absolute Gasteiger partial charge is 0.303 e. The summed E-state index contributed by atoms with van der Waals surface area (Å²) in [6.07, 6.45) is 3.88. The maximum Gasteiger partial charge on any atom is 0.303 e. The van der Waals surface area contributed by atoms with Gasteiger partial charge in [0.05, 0.1) is 0 Å². The zero-order valence-corrected chi connectivity index (χ0v) is 10.9. The molecule has 0 radical (unpaired) electrons. The average Bonchev–Trinajstić information content (AvgIpc) is 2.59. The molecule has 1 heterocycles. The lowest BCUT2D eigenvalue weighted by Crippen LogP contribution is -1.92. The summed E-state index contributed by atoms with van der Waals surface area (Å²) in [4.78, 5) is 11.5. The zero-order valence-electron chi connectivity index (χ0n) is 8.50. The summed E-state index contributed by atoms with van der Waals surface area (Å²) in [6.45, 7) is 2.05. The normalized spacial score (nSPS) is 11.7. The van der Waals surface area contributed by atoms with E-state index in [4.69, 9.17) is 5.11 Å². The van der Waals surface area contributed by atoms with Crippen LogP contribution in [-0.4, -0.2) is 11.1 Å². The Bertz CT molecular complexity index is 368. The van der Waals surface area contributed by atoms with Crippen molar-refractivity contribution < 1.29 is 9.90 Å². The van der Waals surface area contributed by atoms with Gasteiger partial charge in [0.15, 0.2) is 0 Å². The molecule has 0 aromatic carbocycles. The number of allylic oxidation sites excluding steroid dienone is 2. The third kappa shape index (κ3) is 4.62. The highest BCUT2D eigenvalue weighted by molar-refractivity contribution is 9.10. The molecule has 0 aliphatic rings. The van der Waals surface area contributed by atoms with E-state index in [1.807, 2.05) is 5.38 Å². The lowest BCUT2D eigenvalue weighted by atomic mass is 10.1. The van der Waals surface area contributed by atoms with Gasteiger partial charge < -0.3 is 5.11 Å². The predicted molar refractivity (Wildman–Crippen MR) is 67.2 cm³/mol. The highest BCUT2D eigenvalue weighted by atomic mass is 79.9. The fraction of sp³-hybridized carbons (Fsp3) is 0.364. The van der Waals surface area contributed by atoms with Crippen molar-refractivity contribution in [2.24, 2.45) is 0 Å². The van der Waals surface area contributed by atoms with Crippen LogP contribution in [0.4, 0.5) is 0 Å². The van der Waals surface area contributed by atoms with Crippen molar-refractivity contribution in [2.45, 2.75) is 26.2 Å². The molecule has 1 aromatic rings. The third-order valence-electron chi connectivity index (χ3n) is 2.00. The average molecular weight is 289 g/mol. The molecule has 0 aliphatic heterocycles. The highest BCUT2D eigenvalue weighted by Crippen LogP contribution is 2.26. The minimum absolute atomic E-state index is 0.248. The standard InChI is InChI=1S/C11H13BrO2S/c1-8(4-2-3-5-11(13)14)10-6-9(12)7-15-10/h4,6-7H,2-3,5H2,1H3,(H,13,14)/b8-4+. The molecule has 0 unspecified atom stereocenters. The Labute approximate surface area is 102 Å². The van der Waals surface area contributed by atoms with Gasteiger partial charge in [0.2, 0.25) is 0 Å². The van der Waals surface area contributed by atoms with E-state index in [9.17, 15) is 4.79 Å². The second-order valence-electron chi connectivity index (χ2n) is 3.30. The van der Waals surface area contributed by atoms with Crippen LogP contribution < -0.4 is 0 Å². The van der Waals surface area contributed by atoms with Gasteiger partial charge in [-0.3, -0.25) is 4.79 Å². The largest absolute Gasteiger partial charge is 0.481 e. The monoisotopic (exact) mass is 288 g/mol. The summed E-state index contributed by atoms with van der Waals surface area (Å²) in [5.41, 5.74) is 1.22. The van der Waals surface area contributed by atoms with E-state index in [1.54, 1.807) is 11.3 Å². The Morgan fingerprint density at radius 2 is 2.40 bits per heavy atom. The maximum atomic E-state index is 10.3. The van der Waals surface area contributed by atoms with Gasteiger partial charge in [-0.05, 0) is 47.3 Å². The quantitative estimate of drug-likeness (QED) is 0.826. The molecule has 4 heteroatoms. The number of aliphatic carboxylic acids is 1. The summed E-state index contributed by atoms with van der Waals surface area (Å²) >= 11 is 5.10. The van der Waals surface area contributed by atoms with Crippen molar-refractivity contribution in [1.29, 1.82) is 0 Å². The minimum Gasteiger partial charge on any atom is -0.481 e. The van der Waals surface area contributed by atoms with Crippen LogP contribution in [0.3, 0.4) is 0 Å². The number of carboxylic acid groups (broad SMARTS) is 1. The van der Waals surface area contributed by atoms with Crippen LogP contribution in [-0.2, 0) is 4.79 Å². The molecule has 0 fully saturated rings. The second-order valence-corrected chi connectivity index (χ2v) is 5.13. The van der Waals surface area contributed by atoms with E-state index in [-0.39, 0.29) is 6.42 Å². The van der Waals surface area contributed by atoms with Crippen LogP contribution in [0.2, 0.25) is 0 Å². The summed E-state index contributed by atoms with van der Waals surface area (Å²) in [5, 5.41) is 10.5.